The first kappa shape index (κ1) is 23.8. The van der Waals surface area contributed by atoms with E-state index in [0.29, 0.717) is 0 Å². The summed E-state index contributed by atoms with van der Waals surface area (Å²) in [5.41, 5.74) is 3.04. The van der Waals surface area contributed by atoms with Crippen LogP contribution in [0.1, 0.15) is 35.2 Å². The minimum absolute atomic E-state index is 0.0521. The lowest BCUT2D eigenvalue weighted by molar-refractivity contribution is -0.192. The van der Waals surface area contributed by atoms with Crippen LogP contribution in [0.4, 0.5) is 13.2 Å². The van der Waals surface area contributed by atoms with Crippen molar-refractivity contribution in [3.63, 3.8) is 0 Å². The molecule has 9 heteroatoms. The number of carboxylic acid groups (broad SMARTS) is 1. The normalized spacial score (nSPS) is 18.4. The molecule has 2 aliphatic rings. The van der Waals surface area contributed by atoms with Gasteiger partial charge in [-0.3, -0.25) is 9.69 Å². The van der Waals surface area contributed by atoms with Gasteiger partial charge in [-0.25, -0.2) is 4.79 Å². The zero-order valence-electron chi connectivity index (χ0n) is 18.5. The van der Waals surface area contributed by atoms with Gasteiger partial charge in [0.25, 0.3) is 5.91 Å². The summed E-state index contributed by atoms with van der Waals surface area (Å²) in [7, 11) is 0. The minimum Gasteiger partial charge on any atom is -0.475 e. The number of halogens is 3. The van der Waals surface area contributed by atoms with E-state index in [1.807, 2.05) is 18.2 Å². The maximum Gasteiger partial charge on any atom is 0.490 e. The van der Waals surface area contributed by atoms with E-state index >= 15 is 0 Å². The van der Waals surface area contributed by atoms with E-state index in [9.17, 15) is 18.0 Å². The van der Waals surface area contributed by atoms with Crippen LogP contribution in [-0.2, 0) is 11.3 Å². The first-order valence-electron chi connectivity index (χ1n) is 11.2. The predicted molar refractivity (Wildman–Crippen MR) is 122 cm³/mol. The Bertz CT molecular complexity index is 1160. The molecule has 1 aliphatic heterocycles. The van der Waals surface area contributed by atoms with Gasteiger partial charge >= 0.3 is 12.1 Å². The second kappa shape index (κ2) is 9.89. The maximum atomic E-state index is 13.1. The third-order valence-electron chi connectivity index (χ3n) is 6.09. The number of fused-ring (bicyclic) bond motifs is 1. The topological polar surface area (TPSA) is 74.6 Å². The second-order valence-electron chi connectivity index (χ2n) is 8.66. The Morgan fingerprint density at radius 2 is 1.71 bits per heavy atom. The molecule has 0 radical (unpaired) electrons. The summed E-state index contributed by atoms with van der Waals surface area (Å²) < 4.78 is 33.9. The highest BCUT2D eigenvalue weighted by atomic mass is 19.4. The summed E-state index contributed by atoms with van der Waals surface area (Å²) in [5, 5.41) is 11.5. The molecule has 2 heterocycles. The number of hydrogen-bond acceptors (Lipinski definition) is 3. The smallest absolute Gasteiger partial charge is 0.475 e. The summed E-state index contributed by atoms with van der Waals surface area (Å²) in [4.78, 5) is 24.5. The van der Waals surface area contributed by atoms with Gasteiger partial charge in [-0.05, 0) is 37.0 Å². The molecule has 2 fully saturated rings. The average Bonchev–Trinajstić information content (AvgIpc) is 3.42. The summed E-state index contributed by atoms with van der Waals surface area (Å²) in [5.74, 6) is -2.70. The summed E-state index contributed by atoms with van der Waals surface area (Å²) >= 11 is 0. The fraction of sp³-hybridized carbons (Fsp3) is 0.360. The average molecular weight is 473 g/mol. The lowest BCUT2D eigenvalue weighted by Gasteiger charge is -2.16. The number of alkyl halides is 3. The largest absolute Gasteiger partial charge is 0.490 e. The number of carboxylic acids is 1. The van der Waals surface area contributed by atoms with Crippen molar-refractivity contribution in [3.8, 4) is 0 Å². The first-order valence-corrected chi connectivity index (χ1v) is 11.2. The summed E-state index contributed by atoms with van der Waals surface area (Å²) in [6.07, 6.45) is 0.710. The van der Waals surface area contributed by atoms with Gasteiger partial charge in [0.1, 0.15) is 0 Å². The van der Waals surface area contributed by atoms with Crippen LogP contribution in [0.3, 0.4) is 0 Å². The standard InChI is InChI=1S/C23H25N3O.C2HF3O2/c27-23(24-19-12-14-25(16-19)20-9-10-20)21-8-4-7-18-11-13-26(22(18)21)15-17-5-2-1-3-6-17;3-2(4,5)1(6)7/h1-8,11,13,19-20H,9-10,12,14-16H2,(H,24,27);(H,6,7). The van der Waals surface area contributed by atoms with Gasteiger partial charge in [0.2, 0.25) is 0 Å². The van der Waals surface area contributed by atoms with Gasteiger partial charge in [-0.1, -0.05) is 42.5 Å². The van der Waals surface area contributed by atoms with Crippen molar-refractivity contribution in [2.24, 2.45) is 0 Å². The van der Waals surface area contributed by atoms with Gasteiger partial charge in [0, 0.05) is 43.3 Å². The van der Waals surface area contributed by atoms with Crippen LogP contribution in [0, 0.1) is 0 Å². The molecule has 2 aromatic carbocycles. The lowest BCUT2D eigenvalue weighted by Crippen LogP contribution is -2.37. The number of nitrogens with one attached hydrogen (secondary N) is 1. The first-order chi connectivity index (χ1) is 16.2. The Kier molecular flexibility index (Phi) is 6.92. The van der Waals surface area contributed by atoms with Crippen molar-refractivity contribution in [2.75, 3.05) is 13.1 Å². The number of amides is 1. The molecular weight excluding hydrogens is 447 g/mol. The fourth-order valence-corrected chi connectivity index (χ4v) is 4.30. The minimum atomic E-state index is -5.08. The number of benzene rings is 2. The molecule has 1 saturated carbocycles. The molecule has 6 nitrogen and oxygen atoms in total. The predicted octanol–water partition coefficient (Wildman–Crippen LogP) is 4.29. The summed E-state index contributed by atoms with van der Waals surface area (Å²) in [6.45, 7) is 2.88. The molecule has 2 N–H and O–H groups in total. The van der Waals surface area contributed by atoms with Crippen LogP contribution in [0.25, 0.3) is 10.9 Å². The molecule has 5 rings (SSSR count). The van der Waals surface area contributed by atoms with Crippen molar-refractivity contribution < 1.29 is 27.9 Å². The zero-order valence-corrected chi connectivity index (χ0v) is 18.5. The third kappa shape index (κ3) is 5.77. The highest BCUT2D eigenvalue weighted by Crippen LogP contribution is 2.30. The number of carbonyl (C=O) groups excluding carboxylic acids is 1. The molecule has 0 spiro atoms. The van der Waals surface area contributed by atoms with E-state index in [4.69, 9.17) is 9.90 Å². The Balaban J connectivity index is 0.000000344. The van der Waals surface area contributed by atoms with Gasteiger partial charge < -0.3 is 15.0 Å². The number of aromatic nitrogens is 1. The Labute approximate surface area is 195 Å². The van der Waals surface area contributed by atoms with E-state index in [-0.39, 0.29) is 11.9 Å². The van der Waals surface area contributed by atoms with Crippen molar-refractivity contribution in [2.45, 2.75) is 44.1 Å². The maximum absolute atomic E-state index is 13.1. The molecule has 1 aliphatic carbocycles. The van der Waals surface area contributed by atoms with E-state index in [2.05, 4.69) is 57.4 Å². The molecule has 0 bridgehead atoms. The van der Waals surface area contributed by atoms with E-state index in [1.165, 1.54) is 18.4 Å². The summed E-state index contributed by atoms with van der Waals surface area (Å²) in [6, 6.07) is 19.5. The molecule has 1 aromatic heterocycles. The number of nitrogens with zero attached hydrogens (tertiary/aromatic N) is 2. The van der Waals surface area contributed by atoms with Gasteiger partial charge in [-0.15, -0.1) is 0 Å². The number of carbonyl (C=O) groups is 2. The highest BCUT2D eigenvalue weighted by Gasteiger charge is 2.38. The van der Waals surface area contributed by atoms with Crippen LogP contribution in [0.5, 0.6) is 0 Å². The molecule has 1 saturated heterocycles. The van der Waals surface area contributed by atoms with Crippen LogP contribution in [0.15, 0.2) is 60.8 Å². The molecule has 180 valence electrons. The molecule has 1 atom stereocenters. The van der Waals surface area contributed by atoms with Crippen molar-refractivity contribution in [1.29, 1.82) is 0 Å². The SMILES string of the molecule is O=C(NC1CCN(C2CC2)C1)c1cccc2ccn(Cc3ccccc3)c12.O=C(O)C(F)(F)F. The van der Waals surface area contributed by atoms with E-state index in [1.54, 1.807) is 0 Å². The van der Waals surface area contributed by atoms with Crippen molar-refractivity contribution in [3.05, 3.63) is 71.9 Å². The number of aliphatic carboxylic acids is 1. The molecule has 34 heavy (non-hydrogen) atoms. The number of para-hydroxylation sites is 1. The second-order valence-corrected chi connectivity index (χ2v) is 8.66. The molecule has 1 unspecified atom stereocenters. The van der Waals surface area contributed by atoms with Crippen molar-refractivity contribution in [1.82, 2.24) is 14.8 Å². The number of likely N-dealkylation sites (tertiary alicyclic amines) is 1. The zero-order chi connectivity index (χ0) is 24.3. The van der Waals surface area contributed by atoms with E-state index < -0.39 is 12.1 Å². The van der Waals surface area contributed by atoms with Gasteiger partial charge in [0.05, 0.1) is 11.1 Å². The van der Waals surface area contributed by atoms with Gasteiger partial charge in [-0.2, -0.15) is 13.2 Å². The van der Waals surface area contributed by atoms with Crippen LogP contribution in [-0.4, -0.2) is 57.8 Å². The van der Waals surface area contributed by atoms with Crippen LogP contribution >= 0.6 is 0 Å². The number of hydrogen-bond donors (Lipinski definition) is 2. The Morgan fingerprint density at radius 3 is 2.35 bits per heavy atom. The molecule has 3 aromatic rings. The highest BCUT2D eigenvalue weighted by molar-refractivity contribution is 6.06. The Morgan fingerprint density at radius 1 is 1.00 bits per heavy atom. The quantitative estimate of drug-likeness (QED) is 0.580. The lowest BCUT2D eigenvalue weighted by atomic mass is 10.1. The molecule has 1 amide bonds. The van der Waals surface area contributed by atoms with Gasteiger partial charge in [0.15, 0.2) is 0 Å². The monoisotopic (exact) mass is 473 g/mol. The van der Waals surface area contributed by atoms with Crippen molar-refractivity contribution >= 4 is 22.8 Å². The fourth-order valence-electron chi connectivity index (χ4n) is 4.30. The number of rotatable bonds is 5. The third-order valence-corrected chi connectivity index (χ3v) is 6.09. The van der Waals surface area contributed by atoms with E-state index in [0.717, 1.165) is 48.6 Å². The Hall–Kier alpha value is -3.33. The van der Waals surface area contributed by atoms with Crippen LogP contribution in [0.2, 0.25) is 0 Å². The molecular formula is C25H26F3N3O3. The van der Waals surface area contributed by atoms with Crippen LogP contribution < -0.4 is 5.32 Å².